The number of benzene rings is 2. The highest BCUT2D eigenvalue weighted by Crippen LogP contribution is 2.26. The average Bonchev–Trinajstić information content (AvgIpc) is 2.54. The van der Waals surface area contributed by atoms with E-state index in [-0.39, 0.29) is 5.97 Å². The summed E-state index contributed by atoms with van der Waals surface area (Å²) in [5, 5.41) is 1.34. The molecule has 2 aromatic rings. The third-order valence-corrected chi connectivity index (χ3v) is 3.60. The molecule has 2 nitrogen and oxygen atoms in total. The largest absolute Gasteiger partial charge is 0.463 e. The number of hydrogen-bond donors (Lipinski definition) is 0. The first-order valence-corrected chi connectivity index (χ1v) is 7.92. The lowest BCUT2D eigenvalue weighted by atomic mass is 9.97. The highest BCUT2D eigenvalue weighted by molar-refractivity contribution is 6.31. The second-order valence-electron chi connectivity index (χ2n) is 4.71. The molecule has 0 aliphatic carbocycles. The normalized spacial score (nSPS) is 10.6. The van der Waals surface area contributed by atoms with Gasteiger partial charge in [-0.05, 0) is 47.9 Å². The zero-order chi connectivity index (χ0) is 16.7. The van der Waals surface area contributed by atoms with Gasteiger partial charge in [0.2, 0.25) is 0 Å². The van der Waals surface area contributed by atoms with E-state index in [1.807, 2.05) is 54.6 Å². The Bertz CT molecular complexity index is 667. The molecule has 0 unspecified atom stereocenters. The van der Waals surface area contributed by atoms with E-state index >= 15 is 0 Å². The van der Waals surface area contributed by atoms with Crippen molar-refractivity contribution in [3.8, 4) is 0 Å². The van der Waals surface area contributed by atoms with Gasteiger partial charge in [0.15, 0.2) is 0 Å². The highest BCUT2D eigenvalue weighted by atomic mass is 35.5. The Morgan fingerprint density at radius 3 is 1.87 bits per heavy atom. The molecule has 0 fully saturated rings. The van der Waals surface area contributed by atoms with Crippen LogP contribution in [0.25, 0.3) is 5.57 Å². The minimum absolute atomic E-state index is 0.355. The van der Waals surface area contributed by atoms with Crippen molar-refractivity contribution in [3.63, 3.8) is 0 Å². The molecule has 0 heterocycles. The Morgan fingerprint density at radius 2 is 1.43 bits per heavy atom. The topological polar surface area (TPSA) is 26.3 Å². The molecule has 118 valence electrons. The molecular formula is C19H16Cl2O2. The van der Waals surface area contributed by atoms with Crippen LogP contribution in [0.4, 0.5) is 0 Å². The minimum atomic E-state index is -0.365. The van der Waals surface area contributed by atoms with Crippen molar-refractivity contribution in [1.82, 2.24) is 0 Å². The smallest absolute Gasteiger partial charge is 0.330 e. The molecule has 23 heavy (non-hydrogen) atoms. The van der Waals surface area contributed by atoms with Crippen LogP contribution in [0.2, 0.25) is 10.0 Å². The van der Waals surface area contributed by atoms with E-state index in [0.717, 1.165) is 16.7 Å². The van der Waals surface area contributed by atoms with Crippen molar-refractivity contribution in [2.24, 2.45) is 0 Å². The molecule has 0 aliphatic heterocycles. The van der Waals surface area contributed by atoms with Crippen molar-refractivity contribution in [3.05, 3.63) is 87.9 Å². The lowest BCUT2D eigenvalue weighted by molar-refractivity contribution is -0.137. The first-order valence-electron chi connectivity index (χ1n) is 7.17. The first kappa shape index (κ1) is 17.3. The molecule has 0 saturated carbocycles. The lowest BCUT2D eigenvalue weighted by Crippen LogP contribution is -1.98. The van der Waals surface area contributed by atoms with Crippen LogP contribution < -0.4 is 0 Å². The Labute approximate surface area is 146 Å². The fraction of sp³-hybridized carbons (Fsp3) is 0.105. The molecule has 0 aliphatic rings. The Morgan fingerprint density at radius 1 is 0.957 bits per heavy atom. The average molecular weight is 347 g/mol. The zero-order valence-corrected chi connectivity index (χ0v) is 14.1. The SMILES string of the molecule is CCOC(=O)/C=C\C=C(c1ccc(Cl)cc1)c1ccc(Cl)cc1. The molecule has 0 spiro atoms. The molecule has 4 heteroatoms. The van der Waals surface area contributed by atoms with Crippen molar-refractivity contribution in [2.75, 3.05) is 6.61 Å². The van der Waals surface area contributed by atoms with Crippen LogP contribution in [0.5, 0.6) is 0 Å². The Balaban J connectivity index is 2.36. The van der Waals surface area contributed by atoms with E-state index in [4.69, 9.17) is 27.9 Å². The van der Waals surface area contributed by atoms with Crippen LogP contribution >= 0.6 is 23.2 Å². The van der Waals surface area contributed by atoms with E-state index in [2.05, 4.69) is 0 Å². The van der Waals surface area contributed by atoms with Crippen LogP contribution in [0, 0.1) is 0 Å². The number of allylic oxidation sites excluding steroid dienone is 2. The van der Waals surface area contributed by atoms with E-state index in [1.165, 1.54) is 6.08 Å². The fourth-order valence-corrected chi connectivity index (χ4v) is 2.28. The third-order valence-electron chi connectivity index (χ3n) is 3.09. The Kier molecular flexibility index (Phi) is 6.45. The maximum absolute atomic E-state index is 11.4. The predicted molar refractivity (Wildman–Crippen MR) is 95.8 cm³/mol. The maximum atomic E-state index is 11.4. The molecule has 2 aromatic carbocycles. The summed E-state index contributed by atoms with van der Waals surface area (Å²) in [7, 11) is 0. The van der Waals surface area contributed by atoms with Crippen LogP contribution in [0.3, 0.4) is 0 Å². The van der Waals surface area contributed by atoms with Crippen LogP contribution in [-0.4, -0.2) is 12.6 Å². The summed E-state index contributed by atoms with van der Waals surface area (Å²) < 4.78 is 4.88. The molecule has 0 radical (unpaired) electrons. The second kappa shape index (κ2) is 8.56. The van der Waals surface area contributed by atoms with Crippen LogP contribution in [0.1, 0.15) is 18.1 Å². The van der Waals surface area contributed by atoms with Gasteiger partial charge in [-0.1, -0.05) is 59.6 Å². The van der Waals surface area contributed by atoms with E-state index in [0.29, 0.717) is 16.7 Å². The lowest BCUT2D eigenvalue weighted by Gasteiger charge is -2.08. The molecule has 0 aromatic heterocycles. The zero-order valence-electron chi connectivity index (χ0n) is 12.6. The first-order chi connectivity index (χ1) is 11.1. The summed E-state index contributed by atoms with van der Waals surface area (Å²) in [5.41, 5.74) is 2.94. The van der Waals surface area contributed by atoms with Gasteiger partial charge in [0.05, 0.1) is 6.61 Å². The van der Waals surface area contributed by atoms with Gasteiger partial charge in [-0.3, -0.25) is 0 Å². The summed E-state index contributed by atoms with van der Waals surface area (Å²) in [6.07, 6.45) is 4.94. The standard InChI is InChI=1S/C19H16Cl2O2/c1-2-23-19(22)5-3-4-18(14-6-10-16(20)11-7-14)15-8-12-17(21)13-9-15/h3-13H,2H2,1H3/b5-3-. The van der Waals surface area contributed by atoms with Crippen LogP contribution in [-0.2, 0) is 9.53 Å². The van der Waals surface area contributed by atoms with Gasteiger partial charge in [0.25, 0.3) is 0 Å². The Hall–Kier alpha value is -2.03. The number of rotatable bonds is 5. The summed E-state index contributed by atoms with van der Waals surface area (Å²) in [6, 6.07) is 15.0. The van der Waals surface area contributed by atoms with Crippen molar-refractivity contribution in [2.45, 2.75) is 6.92 Å². The van der Waals surface area contributed by atoms with E-state index in [1.54, 1.807) is 13.0 Å². The van der Waals surface area contributed by atoms with Crippen molar-refractivity contribution >= 4 is 34.7 Å². The van der Waals surface area contributed by atoms with Crippen molar-refractivity contribution in [1.29, 1.82) is 0 Å². The molecule has 0 bridgehead atoms. The summed E-state index contributed by atoms with van der Waals surface area (Å²) >= 11 is 11.9. The van der Waals surface area contributed by atoms with Gasteiger partial charge in [0.1, 0.15) is 0 Å². The second-order valence-corrected chi connectivity index (χ2v) is 5.58. The summed E-state index contributed by atoms with van der Waals surface area (Å²) in [6.45, 7) is 2.13. The van der Waals surface area contributed by atoms with E-state index < -0.39 is 0 Å². The number of carbonyl (C=O) groups is 1. The number of halogens is 2. The number of ether oxygens (including phenoxy) is 1. The van der Waals surface area contributed by atoms with Gasteiger partial charge in [-0.2, -0.15) is 0 Å². The number of carbonyl (C=O) groups excluding carboxylic acids is 1. The molecule has 0 saturated heterocycles. The summed E-state index contributed by atoms with van der Waals surface area (Å²) in [4.78, 5) is 11.4. The van der Waals surface area contributed by atoms with Gasteiger partial charge in [0, 0.05) is 16.1 Å². The maximum Gasteiger partial charge on any atom is 0.330 e. The van der Waals surface area contributed by atoms with Gasteiger partial charge in [-0.25, -0.2) is 4.79 Å². The minimum Gasteiger partial charge on any atom is -0.463 e. The fourth-order valence-electron chi connectivity index (χ4n) is 2.03. The van der Waals surface area contributed by atoms with Crippen LogP contribution in [0.15, 0.2) is 66.8 Å². The number of hydrogen-bond acceptors (Lipinski definition) is 2. The van der Waals surface area contributed by atoms with Gasteiger partial charge >= 0.3 is 5.97 Å². The third kappa shape index (κ3) is 5.27. The quantitative estimate of drug-likeness (QED) is 0.403. The molecule has 0 amide bonds. The number of esters is 1. The molecule has 0 N–H and O–H groups in total. The predicted octanol–water partition coefficient (Wildman–Crippen LogP) is 5.54. The monoisotopic (exact) mass is 346 g/mol. The molecule has 0 atom stereocenters. The molecule has 2 rings (SSSR count). The van der Waals surface area contributed by atoms with Gasteiger partial charge < -0.3 is 4.74 Å². The highest BCUT2D eigenvalue weighted by Gasteiger charge is 2.05. The molecular weight excluding hydrogens is 331 g/mol. The van der Waals surface area contributed by atoms with Crippen molar-refractivity contribution < 1.29 is 9.53 Å². The van der Waals surface area contributed by atoms with Gasteiger partial charge in [-0.15, -0.1) is 0 Å². The van der Waals surface area contributed by atoms with E-state index in [9.17, 15) is 4.79 Å². The summed E-state index contributed by atoms with van der Waals surface area (Å²) in [5.74, 6) is -0.365.